The molecule has 0 saturated heterocycles. The number of rotatable bonds is 5. The van der Waals surface area contributed by atoms with Gasteiger partial charge in [0.15, 0.2) is 0 Å². The molecule has 154 valence electrons. The van der Waals surface area contributed by atoms with Crippen LogP contribution in [0.4, 0.5) is 11.4 Å². The average molecular weight is 438 g/mol. The molecule has 0 aliphatic carbocycles. The van der Waals surface area contributed by atoms with Gasteiger partial charge >= 0.3 is 0 Å². The van der Waals surface area contributed by atoms with Crippen LogP contribution in [0.25, 0.3) is 0 Å². The highest BCUT2D eigenvalue weighted by atomic mass is 35.5. The van der Waals surface area contributed by atoms with Crippen molar-refractivity contribution < 1.29 is 18.1 Å². The van der Waals surface area contributed by atoms with E-state index in [0.29, 0.717) is 18.7 Å². The molecule has 1 aliphatic rings. The molecule has 0 N–H and O–H groups in total. The minimum atomic E-state index is -3.80. The Bertz CT molecular complexity index is 1100. The van der Waals surface area contributed by atoms with Crippen LogP contribution in [0.3, 0.4) is 0 Å². The topological polar surface area (TPSA) is 101 Å². The Kier molecular flexibility index (Phi) is 5.66. The van der Waals surface area contributed by atoms with Crippen molar-refractivity contribution >= 4 is 38.9 Å². The number of non-ortho nitro benzene ring substituents is 1. The number of carbonyl (C=O) groups excluding carboxylic acids is 1. The molecule has 0 fully saturated rings. The van der Waals surface area contributed by atoms with Crippen LogP contribution in [-0.2, 0) is 16.4 Å². The third-order valence-corrected chi connectivity index (χ3v) is 7.35. The molecule has 1 heterocycles. The molecule has 0 spiro atoms. The summed E-state index contributed by atoms with van der Waals surface area (Å²) in [7, 11) is -2.33. The van der Waals surface area contributed by atoms with Gasteiger partial charge in [-0.05, 0) is 44.0 Å². The minimum absolute atomic E-state index is 0.0317. The first-order chi connectivity index (χ1) is 13.5. The van der Waals surface area contributed by atoms with E-state index in [1.807, 2.05) is 0 Å². The summed E-state index contributed by atoms with van der Waals surface area (Å²) in [5.41, 5.74) is 1.16. The summed E-state index contributed by atoms with van der Waals surface area (Å²) in [5.74, 6) is -0.501. The van der Waals surface area contributed by atoms with Gasteiger partial charge in [0.2, 0.25) is 10.0 Å². The number of benzene rings is 2. The zero-order chi connectivity index (χ0) is 21.5. The van der Waals surface area contributed by atoms with Gasteiger partial charge in [0.25, 0.3) is 11.6 Å². The molecule has 0 aromatic heterocycles. The smallest absolute Gasteiger partial charge is 0.271 e. The summed E-state index contributed by atoms with van der Waals surface area (Å²) in [6, 6.07) is 8.10. The lowest BCUT2D eigenvalue weighted by Crippen LogP contribution is -2.33. The molecule has 10 heteroatoms. The maximum atomic E-state index is 13.2. The van der Waals surface area contributed by atoms with Crippen molar-refractivity contribution in [2.45, 2.75) is 31.2 Å². The third kappa shape index (κ3) is 3.85. The van der Waals surface area contributed by atoms with Crippen LogP contribution in [0.15, 0.2) is 41.3 Å². The molecule has 2 aromatic rings. The Balaban J connectivity index is 2.02. The molecule has 1 amide bonds. The van der Waals surface area contributed by atoms with Crippen LogP contribution >= 0.6 is 11.6 Å². The maximum Gasteiger partial charge on any atom is 0.271 e. The van der Waals surface area contributed by atoms with Crippen LogP contribution in [0, 0.1) is 10.1 Å². The number of halogens is 1. The first-order valence-electron chi connectivity index (χ1n) is 8.91. The minimum Gasteiger partial charge on any atom is -0.307 e. The van der Waals surface area contributed by atoms with Crippen molar-refractivity contribution in [1.82, 2.24) is 4.31 Å². The van der Waals surface area contributed by atoms with E-state index in [1.54, 1.807) is 19.9 Å². The fourth-order valence-electron chi connectivity index (χ4n) is 3.11. The van der Waals surface area contributed by atoms with Crippen LogP contribution in [0.1, 0.15) is 29.8 Å². The number of nitro groups is 1. The van der Waals surface area contributed by atoms with Gasteiger partial charge in [-0.15, -0.1) is 0 Å². The molecule has 0 unspecified atom stereocenters. The second-order valence-corrected chi connectivity index (χ2v) is 9.44. The number of fused-ring (bicyclic) bond motifs is 1. The quantitative estimate of drug-likeness (QED) is 0.526. The third-order valence-electron chi connectivity index (χ3n) is 4.99. The van der Waals surface area contributed by atoms with Gasteiger partial charge in [-0.1, -0.05) is 17.7 Å². The predicted molar refractivity (Wildman–Crippen MR) is 110 cm³/mol. The van der Waals surface area contributed by atoms with Gasteiger partial charge in [-0.2, -0.15) is 4.31 Å². The van der Waals surface area contributed by atoms with Gasteiger partial charge in [-0.3, -0.25) is 14.9 Å². The fourth-order valence-corrected chi connectivity index (χ4v) is 4.70. The second kappa shape index (κ2) is 7.74. The van der Waals surface area contributed by atoms with Gasteiger partial charge in [0.1, 0.15) is 0 Å². The highest BCUT2D eigenvalue weighted by molar-refractivity contribution is 7.89. The number of anilines is 1. The van der Waals surface area contributed by atoms with Crippen LogP contribution < -0.4 is 4.90 Å². The zero-order valence-corrected chi connectivity index (χ0v) is 17.7. The van der Waals surface area contributed by atoms with E-state index in [4.69, 9.17) is 11.6 Å². The van der Waals surface area contributed by atoms with Crippen LogP contribution in [-0.4, -0.2) is 43.2 Å². The largest absolute Gasteiger partial charge is 0.307 e. The summed E-state index contributed by atoms with van der Waals surface area (Å²) in [4.78, 5) is 25.1. The van der Waals surface area contributed by atoms with Gasteiger partial charge < -0.3 is 4.90 Å². The van der Waals surface area contributed by atoms with Crippen molar-refractivity contribution in [2.24, 2.45) is 0 Å². The predicted octanol–water partition coefficient (Wildman–Crippen LogP) is 3.48. The lowest BCUT2D eigenvalue weighted by atomic mass is 10.1. The summed E-state index contributed by atoms with van der Waals surface area (Å²) in [6.07, 6.45) is 0.546. The molecule has 8 nitrogen and oxygen atoms in total. The van der Waals surface area contributed by atoms with Crippen molar-refractivity contribution in [1.29, 1.82) is 0 Å². The van der Waals surface area contributed by atoms with Gasteiger partial charge in [0, 0.05) is 31.8 Å². The Hall–Kier alpha value is -2.49. The van der Waals surface area contributed by atoms with E-state index in [9.17, 15) is 23.3 Å². The van der Waals surface area contributed by atoms with E-state index in [2.05, 4.69) is 0 Å². The van der Waals surface area contributed by atoms with Gasteiger partial charge in [0.05, 0.1) is 26.1 Å². The van der Waals surface area contributed by atoms with Crippen LogP contribution in [0.2, 0.25) is 5.02 Å². The second-order valence-electron chi connectivity index (χ2n) is 7.03. The first kappa shape index (κ1) is 21.2. The summed E-state index contributed by atoms with van der Waals surface area (Å²) in [5, 5.41) is 11.2. The summed E-state index contributed by atoms with van der Waals surface area (Å²) >= 11 is 6.21. The average Bonchev–Trinajstić information content (AvgIpc) is 3.10. The monoisotopic (exact) mass is 437 g/mol. The molecule has 0 saturated carbocycles. The normalized spacial score (nSPS) is 13.8. The number of nitro benzene ring substituents is 1. The Morgan fingerprint density at radius 2 is 1.93 bits per heavy atom. The van der Waals surface area contributed by atoms with Crippen molar-refractivity contribution in [3.05, 3.63) is 62.7 Å². The van der Waals surface area contributed by atoms with Crippen molar-refractivity contribution in [3.63, 3.8) is 0 Å². The molecule has 2 aromatic carbocycles. The van der Waals surface area contributed by atoms with Crippen LogP contribution in [0.5, 0.6) is 0 Å². The number of hydrogen-bond acceptors (Lipinski definition) is 5. The van der Waals surface area contributed by atoms with Gasteiger partial charge in [-0.25, -0.2) is 8.42 Å². The number of sulfonamides is 1. The van der Waals surface area contributed by atoms with E-state index in [-0.39, 0.29) is 27.2 Å². The Labute approximate surface area is 173 Å². The standard InChI is InChI=1S/C19H20ClN3O5S/c1-12(2)21(3)29(27,28)15-6-7-17(20)16(11-15)19(24)22-9-8-13-4-5-14(23(25)26)10-18(13)22/h4-7,10-12H,8-9H2,1-3H3. The maximum absolute atomic E-state index is 13.2. The molecule has 0 atom stereocenters. The number of amides is 1. The molecule has 1 aliphatic heterocycles. The van der Waals surface area contributed by atoms with Crippen molar-refractivity contribution in [2.75, 3.05) is 18.5 Å². The molecule has 29 heavy (non-hydrogen) atoms. The molecule has 0 radical (unpaired) electrons. The van der Waals surface area contributed by atoms with E-state index in [1.165, 1.54) is 46.6 Å². The Morgan fingerprint density at radius 1 is 1.24 bits per heavy atom. The van der Waals surface area contributed by atoms with E-state index < -0.39 is 20.9 Å². The van der Waals surface area contributed by atoms with E-state index >= 15 is 0 Å². The summed E-state index contributed by atoms with van der Waals surface area (Å²) in [6.45, 7) is 3.82. The Morgan fingerprint density at radius 3 is 2.55 bits per heavy atom. The lowest BCUT2D eigenvalue weighted by molar-refractivity contribution is -0.384. The molecular weight excluding hydrogens is 418 g/mol. The fraction of sp³-hybridized carbons (Fsp3) is 0.316. The molecular formula is C19H20ClN3O5S. The zero-order valence-electron chi connectivity index (χ0n) is 16.1. The summed E-state index contributed by atoms with van der Waals surface area (Å²) < 4.78 is 26.8. The number of nitrogens with zero attached hydrogens (tertiary/aromatic N) is 3. The molecule has 3 rings (SSSR count). The first-order valence-corrected chi connectivity index (χ1v) is 10.7. The molecule has 0 bridgehead atoms. The van der Waals surface area contributed by atoms with Crippen molar-refractivity contribution in [3.8, 4) is 0 Å². The highest BCUT2D eigenvalue weighted by Gasteiger charge is 2.30. The van der Waals surface area contributed by atoms with E-state index in [0.717, 1.165) is 5.56 Å². The number of hydrogen-bond donors (Lipinski definition) is 0. The highest BCUT2D eigenvalue weighted by Crippen LogP contribution is 2.34. The number of carbonyl (C=O) groups is 1. The SMILES string of the molecule is CC(C)N(C)S(=O)(=O)c1ccc(Cl)c(C(=O)N2CCc3ccc([N+](=O)[O-])cc32)c1. The lowest BCUT2D eigenvalue weighted by Gasteiger charge is -2.22.